The summed E-state index contributed by atoms with van der Waals surface area (Å²) in [6.07, 6.45) is 3.58. The first kappa shape index (κ1) is 23.0. The summed E-state index contributed by atoms with van der Waals surface area (Å²) in [4.78, 5) is 9.00. The van der Waals surface area contributed by atoms with Crippen LogP contribution in [0.1, 0.15) is 11.1 Å². The van der Waals surface area contributed by atoms with Crippen LogP contribution in [0.4, 0.5) is 0 Å². The molecule has 0 bridgehead atoms. The van der Waals surface area contributed by atoms with Gasteiger partial charge in [-0.2, -0.15) is 24.3 Å². The first-order chi connectivity index (χ1) is 16.7. The van der Waals surface area contributed by atoms with E-state index >= 15 is 0 Å². The summed E-state index contributed by atoms with van der Waals surface area (Å²) in [6.45, 7) is 4.10. The van der Waals surface area contributed by atoms with Gasteiger partial charge < -0.3 is 9.30 Å². The van der Waals surface area contributed by atoms with E-state index in [0.29, 0.717) is 11.6 Å². The van der Waals surface area contributed by atoms with Crippen molar-refractivity contribution in [3.8, 4) is 28.6 Å². The Morgan fingerprint density at radius 1 is 0.743 bits per heavy atom. The van der Waals surface area contributed by atoms with Gasteiger partial charge in [0.05, 0.1) is 0 Å². The van der Waals surface area contributed by atoms with E-state index < -0.39 is 0 Å². The fourth-order valence-corrected chi connectivity index (χ4v) is 4.32. The Kier molecular flexibility index (Phi) is 6.23. The Labute approximate surface area is 218 Å². The summed E-state index contributed by atoms with van der Waals surface area (Å²) >= 11 is 0. The fourth-order valence-electron chi connectivity index (χ4n) is 4.32. The van der Waals surface area contributed by atoms with Crippen LogP contribution in [-0.2, 0) is 21.1 Å². The van der Waals surface area contributed by atoms with Gasteiger partial charge in [0, 0.05) is 29.7 Å². The van der Waals surface area contributed by atoms with Gasteiger partial charge in [0.25, 0.3) is 0 Å². The van der Waals surface area contributed by atoms with Crippen LogP contribution in [0, 0.1) is 26.0 Å². The molecule has 0 saturated heterocycles. The molecule has 0 spiro atoms. The van der Waals surface area contributed by atoms with Crippen molar-refractivity contribution in [1.29, 1.82) is 0 Å². The second-order valence-electron chi connectivity index (χ2n) is 8.33. The topological polar surface area (TPSA) is 39.9 Å². The monoisotopic (exact) mass is 634 g/mol. The Balaban J connectivity index is 0.00000253. The van der Waals surface area contributed by atoms with Gasteiger partial charge in [-0.15, -0.1) is 18.2 Å². The van der Waals surface area contributed by atoms with Crippen molar-refractivity contribution >= 4 is 21.8 Å². The maximum absolute atomic E-state index is 5.97. The van der Waals surface area contributed by atoms with Crippen molar-refractivity contribution in [2.24, 2.45) is 0 Å². The zero-order chi connectivity index (χ0) is 23.1. The van der Waals surface area contributed by atoms with E-state index in [1.54, 1.807) is 6.20 Å². The number of aryl methyl sites for hydroxylation is 2. The Bertz CT molecular complexity index is 1670. The van der Waals surface area contributed by atoms with Crippen LogP contribution in [-0.4, -0.2) is 14.5 Å². The molecule has 172 valence electrons. The zero-order valence-electron chi connectivity index (χ0n) is 19.2. The second kappa shape index (κ2) is 9.48. The van der Waals surface area contributed by atoms with E-state index in [-0.39, 0.29) is 21.1 Å². The average Bonchev–Trinajstić information content (AvgIpc) is 3.18. The Hall–Kier alpha value is -3.75. The number of rotatable bonds is 4. The number of para-hydroxylation sites is 1. The SMILES string of the molecule is Cc1ccnc(Oc2[c-]c(-c3[c-]c4c(cc3)c3ccccc3n4-c3ncccc3C)ccc2)c1.[Pt+2]. The molecule has 0 atom stereocenters. The summed E-state index contributed by atoms with van der Waals surface area (Å²) < 4.78 is 8.16. The van der Waals surface area contributed by atoms with Crippen molar-refractivity contribution in [1.82, 2.24) is 14.5 Å². The molecule has 0 fully saturated rings. The molecule has 0 saturated carbocycles. The van der Waals surface area contributed by atoms with Crippen molar-refractivity contribution in [3.63, 3.8) is 0 Å². The van der Waals surface area contributed by atoms with Gasteiger partial charge in [-0.05, 0) is 54.1 Å². The molecule has 0 N–H and O–H groups in total. The number of hydrogen-bond acceptors (Lipinski definition) is 3. The third kappa shape index (κ3) is 4.26. The molecule has 4 nitrogen and oxygen atoms in total. The summed E-state index contributed by atoms with van der Waals surface area (Å²) in [5.74, 6) is 2.08. The molecule has 3 heterocycles. The van der Waals surface area contributed by atoms with Crippen LogP contribution in [0.15, 0.2) is 91.3 Å². The van der Waals surface area contributed by atoms with Gasteiger partial charge in [-0.1, -0.05) is 29.7 Å². The molecule has 3 aromatic carbocycles. The van der Waals surface area contributed by atoms with Gasteiger partial charge >= 0.3 is 21.1 Å². The number of nitrogens with zero attached hydrogens (tertiary/aromatic N) is 3. The van der Waals surface area contributed by atoms with Crippen LogP contribution in [0.2, 0.25) is 0 Å². The number of hydrogen-bond donors (Lipinski definition) is 0. The summed E-state index contributed by atoms with van der Waals surface area (Å²) in [5.41, 5.74) is 6.14. The van der Waals surface area contributed by atoms with E-state index in [1.165, 1.54) is 5.39 Å². The zero-order valence-corrected chi connectivity index (χ0v) is 21.5. The molecular weight excluding hydrogens is 613 g/mol. The van der Waals surface area contributed by atoms with Crippen molar-refractivity contribution in [3.05, 3.63) is 115 Å². The van der Waals surface area contributed by atoms with Crippen LogP contribution in [0.5, 0.6) is 11.6 Å². The quantitative estimate of drug-likeness (QED) is 0.192. The molecule has 6 rings (SSSR count). The third-order valence-corrected chi connectivity index (χ3v) is 5.94. The summed E-state index contributed by atoms with van der Waals surface area (Å²) in [5, 5.41) is 2.32. The maximum atomic E-state index is 5.97. The number of ether oxygens (including phenoxy) is 1. The summed E-state index contributed by atoms with van der Waals surface area (Å²) in [6, 6.07) is 33.5. The molecule has 0 aliphatic heterocycles. The van der Waals surface area contributed by atoms with Crippen molar-refractivity contribution in [2.75, 3.05) is 0 Å². The minimum Gasteiger partial charge on any atom is -0.460 e. The predicted molar refractivity (Wildman–Crippen MR) is 135 cm³/mol. The molecule has 0 aliphatic carbocycles. The molecule has 0 amide bonds. The Morgan fingerprint density at radius 3 is 2.46 bits per heavy atom. The van der Waals surface area contributed by atoms with Crippen LogP contribution in [0.3, 0.4) is 0 Å². The first-order valence-electron chi connectivity index (χ1n) is 11.2. The van der Waals surface area contributed by atoms with Crippen LogP contribution < -0.4 is 4.74 Å². The fraction of sp³-hybridized carbons (Fsp3) is 0.0667. The van der Waals surface area contributed by atoms with E-state index in [9.17, 15) is 0 Å². The molecule has 0 radical (unpaired) electrons. The van der Waals surface area contributed by atoms with Gasteiger partial charge in [0.2, 0.25) is 5.88 Å². The van der Waals surface area contributed by atoms with Gasteiger partial charge in [-0.25, -0.2) is 21.1 Å². The molecule has 3 aromatic heterocycles. The van der Waals surface area contributed by atoms with Crippen molar-refractivity contribution < 1.29 is 25.8 Å². The van der Waals surface area contributed by atoms with E-state index in [2.05, 4.69) is 71.1 Å². The minimum absolute atomic E-state index is 0. The largest absolute Gasteiger partial charge is 2.00 e. The van der Waals surface area contributed by atoms with Gasteiger partial charge in [0.15, 0.2) is 0 Å². The first-order valence-corrected chi connectivity index (χ1v) is 11.2. The van der Waals surface area contributed by atoms with Crippen LogP contribution in [0.25, 0.3) is 38.8 Å². The smallest absolute Gasteiger partial charge is 0.460 e. The predicted octanol–water partition coefficient (Wildman–Crippen LogP) is 7.25. The maximum Gasteiger partial charge on any atom is 2.00 e. The normalized spacial score (nSPS) is 10.9. The number of benzene rings is 3. The second-order valence-corrected chi connectivity index (χ2v) is 8.33. The number of pyridine rings is 2. The molecule has 35 heavy (non-hydrogen) atoms. The van der Waals surface area contributed by atoms with Crippen molar-refractivity contribution in [2.45, 2.75) is 13.8 Å². The van der Waals surface area contributed by atoms with Gasteiger partial charge in [0.1, 0.15) is 5.82 Å². The third-order valence-electron chi connectivity index (χ3n) is 5.94. The van der Waals surface area contributed by atoms with Gasteiger partial charge in [-0.3, -0.25) is 0 Å². The summed E-state index contributed by atoms with van der Waals surface area (Å²) in [7, 11) is 0. The van der Waals surface area contributed by atoms with E-state index in [0.717, 1.165) is 44.5 Å². The molecular formula is C30H21N3OPt. The number of fused-ring (bicyclic) bond motifs is 3. The average molecular weight is 635 g/mol. The molecule has 0 unspecified atom stereocenters. The standard InChI is InChI=1S/C30H21N3O.Pt/c1-20-14-16-31-29(17-20)34-24-9-5-8-22(18-24)23-12-13-26-25-10-3-4-11-27(25)33(28(26)19-23)30-21(2)7-6-15-32-30;/h3-17H,1-2H3;/q-2;+2. The molecule has 0 aliphatic rings. The number of aromatic nitrogens is 3. The Morgan fingerprint density at radius 2 is 1.60 bits per heavy atom. The minimum atomic E-state index is 0. The van der Waals surface area contributed by atoms with E-state index in [4.69, 9.17) is 9.72 Å². The van der Waals surface area contributed by atoms with E-state index in [1.807, 2.05) is 49.5 Å². The molecule has 5 heteroatoms. The molecule has 6 aromatic rings. The van der Waals surface area contributed by atoms with Crippen LogP contribution >= 0.6 is 0 Å².